The molecule has 2 aromatic rings. The summed E-state index contributed by atoms with van der Waals surface area (Å²) in [6.45, 7) is 0. The van der Waals surface area contributed by atoms with Gasteiger partial charge in [-0.3, -0.25) is 0 Å². The maximum Gasteiger partial charge on any atom is 0.374 e. The molecule has 0 bridgehead atoms. The number of fused-ring (bicyclic) bond motifs is 1. The van der Waals surface area contributed by atoms with Gasteiger partial charge in [-0.25, -0.2) is 19.2 Å². The SMILES string of the molecule is O=C(O)c1nc(Cl)c2cc(F)ccc2n1. The number of aromatic carboxylic acids is 1. The zero-order valence-corrected chi connectivity index (χ0v) is 7.99. The molecule has 4 nitrogen and oxygen atoms in total. The van der Waals surface area contributed by atoms with E-state index in [1.54, 1.807) is 0 Å². The summed E-state index contributed by atoms with van der Waals surface area (Å²) in [5.41, 5.74) is 0.300. The first-order valence-electron chi connectivity index (χ1n) is 3.94. The molecular weight excluding hydrogens is 223 g/mol. The Labute approximate surface area is 88.3 Å². The van der Waals surface area contributed by atoms with Gasteiger partial charge in [0.15, 0.2) is 0 Å². The number of hydrogen-bond acceptors (Lipinski definition) is 3. The highest BCUT2D eigenvalue weighted by atomic mass is 35.5. The number of carboxylic acids is 1. The van der Waals surface area contributed by atoms with Gasteiger partial charge in [-0.05, 0) is 18.2 Å². The van der Waals surface area contributed by atoms with Crippen molar-refractivity contribution in [2.24, 2.45) is 0 Å². The molecule has 1 N–H and O–H groups in total. The maximum atomic E-state index is 12.8. The second kappa shape index (κ2) is 3.43. The van der Waals surface area contributed by atoms with E-state index in [9.17, 15) is 9.18 Å². The molecular formula is C9H4ClFN2O2. The third kappa shape index (κ3) is 1.73. The Hall–Kier alpha value is -1.75. The second-order valence-corrected chi connectivity index (χ2v) is 3.16. The molecule has 1 heterocycles. The third-order valence-corrected chi connectivity index (χ3v) is 2.09. The summed E-state index contributed by atoms with van der Waals surface area (Å²) in [5, 5.41) is 8.89. The summed E-state index contributed by atoms with van der Waals surface area (Å²) in [4.78, 5) is 17.9. The van der Waals surface area contributed by atoms with Crippen molar-refractivity contribution in [2.75, 3.05) is 0 Å². The maximum absolute atomic E-state index is 12.8. The van der Waals surface area contributed by atoms with Crippen molar-refractivity contribution in [2.45, 2.75) is 0 Å². The van der Waals surface area contributed by atoms with Crippen molar-refractivity contribution in [1.82, 2.24) is 9.97 Å². The molecule has 0 unspecified atom stereocenters. The average molecular weight is 227 g/mol. The Balaban J connectivity index is 2.78. The van der Waals surface area contributed by atoms with Crippen LogP contribution < -0.4 is 0 Å². The van der Waals surface area contributed by atoms with Gasteiger partial charge in [0.05, 0.1) is 5.52 Å². The normalized spacial score (nSPS) is 10.5. The average Bonchev–Trinajstić information content (AvgIpc) is 2.18. The number of hydrogen-bond donors (Lipinski definition) is 1. The van der Waals surface area contributed by atoms with Crippen LogP contribution in [-0.4, -0.2) is 21.0 Å². The van der Waals surface area contributed by atoms with Crippen LogP contribution in [0.4, 0.5) is 4.39 Å². The van der Waals surface area contributed by atoms with Gasteiger partial charge in [0.2, 0.25) is 5.82 Å². The van der Waals surface area contributed by atoms with Gasteiger partial charge >= 0.3 is 5.97 Å². The highest BCUT2D eigenvalue weighted by Gasteiger charge is 2.11. The van der Waals surface area contributed by atoms with Gasteiger partial charge in [-0.15, -0.1) is 0 Å². The lowest BCUT2D eigenvalue weighted by molar-refractivity contribution is 0.0684. The van der Waals surface area contributed by atoms with Crippen molar-refractivity contribution >= 4 is 28.5 Å². The van der Waals surface area contributed by atoms with Gasteiger partial charge in [-0.2, -0.15) is 0 Å². The van der Waals surface area contributed by atoms with E-state index in [-0.39, 0.29) is 5.15 Å². The molecule has 1 aromatic heterocycles. The summed E-state index contributed by atoms with van der Waals surface area (Å²) in [5.74, 6) is -2.15. The lowest BCUT2D eigenvalue weighted by atomic mass is 10.2. The monoisotopic (exact) mass is 226 g/mol. The van der Waals surface area contributed by atoms with E-state index >= 15 is 0 Å². The van der Waals surface area contributed by atoms with Crippen LogP contribution in [0.15, 0.2) is 18.2 Å². The van der Waals surface area contributed by atoms with Gasteiger partial charge in [0, 0.05) is 5.39 Å². The quantitative estimate of drug-likeness (QED) is 0.757. The summed E-state index contributed by atoms with van der Waals surface area (Å²) >= 11 is 5.70. The molecule has 6 heteroatoms. The van der Waals surface area contributed by atoms with Crippen LogP contribution in [0.25, 0.3) is 10.9 Å². The molecule has 0 spiro atoms. The largest absolute Gasteiger partial charge is 0.475 e. The second-order valence-electron chi connectivity index (χ2n) is 2.80. The van der Waals surface area contributed by atoms with Crippen LogP contribution in [0, 0.1) is 5.82 Å². The van der Waals surface area contributed by atoms with Gasteiger partial charge in [0.25, 0.3) is 0 Å². The van der Waals surface area contributed by atoms with E-state index in [2.05, 4.69) is 9.97 Å². The van der Waals surface area contributed by atoms with Crippen molar-refractivity contribution in [1.29, 1.82) is 0 Å². The van der Waals surface area contributed by atoms with E-state index in [0.29, 0.717) is 10.9 Å². The first-order chi connectivity index (χ1) is 7.08. The Kier molecular flexibility index (Phi) is 2.24. The molecule has 76 valence electrons. The van der Waals surface area contributed by atoms with E-state index in [1.807, 2.05) is 0 Å². The zero-order valence-electron chi connectivity index (χ0n) is 7.24. The minimum atomic E-state index is -1.27. The molecule has 0 aliphatic rings. The van der Waals surface area contributed by atoms with Crippen LogP contribution in [-0.2, 0) is 0 Å². The number of halogens is 2. The molecule has 0 atom stereocenters. The topological polar surface area (TPSA) is 63.1 Å². The first-order valence-corrected chi connectivity index (χ1v) is 4.32. The van der Waals surface area contributed by atoms with E-state index in [1.165, 1.54) is 12.1 Å². The van der Waals surface area contributed by atoms with E-state index in [0.717, 1.165) is 6.07 Å². The summed E-state index contributed by atoms with van der Waals surface area (Å²) in [7, 11) is 0. The molecule has 0 saturated heterocycles. The molecule has 0 fully saturated rings. The van der Waals surface area contributed by atoms with Crippen LogP contribution in [0.1, 0.15) is 10.6 Å². The molecule has 0 saturated carbocycles. The lowest BCUT2D eigenvalue weighted by Crippen LogP contribution is -2.04. The number of carbonyl (C=O) groups is 1. The third-order valence-electron chi connectivity index (χ3n) is 1.80. The molecule has 0 aliphatic heterocycles. The number of nitrogens with zero attached hydrogens (tertiary/aromatic N) is 2. The fourth-order valence-electron chi connectivity index (χ4n) is 1.16. The Morgan fingerprint density at radius 1 is 1.40 bits per heavy atom. The highest BCUT2D eigenvalue weighted by molar-refractivity contribution is 6.34. The molecule has 1 aromatic carbocycles. The molecule has 15 heavy (non-hydrogen) atoms. The molecule has 0 aliphatic carbocycles. The van der Waals surface area contributed by atoms with Gasteiger partial charge < -0.3 is 5.11 Å². The van der Waals surface area contributed by atoms with Crippen LogP contribution in [0.2, 0.25) is 5.15 Å². The van der Waals surface area contributed by atoms with E-state index < -0.39 is 17.6 Å². The lowest BCUT2D eigenvalue weighted by Gasteiger charge is -2.00. The van der Waals surface area contributed by atoms with Crippen LogP contribution in [0.3, 0.4) is 0 Å². The standard InChI is InChI=1S/C9H4ClFN2O2/c10-7-5-3-4(11)1-2-6(5)12-8(13-7)9(14)15/h1-3H,(H,14,15). The zero-order chi connectivity index (χ0) is 11.0. The van der Waals surface area contributed by atoms with Crippen LogP contribution in [0.5, 0.6) is 0 Å². The molecule has 0 amide bonds. The Morgan fingerprint density at radius 3 is 2.80 bits per heavy atom. The van der Waals surface area contributed by atoms with Crippen molar-refractivity contribution < 1.29 is 14.3 Å². The smallest absolute Gasteiger partial charge is 0.374 e. The fourth-order valence-corrected chi connectivity index (χ4v) is 1.39. The van der Waals surface area contributed by atoms with Gasteiger partial charge in [0.1, 0.15) is 11.0 Å². The fraction of sp³-hybridized carbons (Fsp3) is 0. The highest BCUT2D eigenvalue weighted by Crippen LogP contribution is 2.21. The predicted octanol–water partition coefficient (Wildman–Crippen LogP) is 2.12. The minimum Gasteiger partial charge on any atom is -0.475 e. The van der Waals surface area contributed by atoms with Crippen molar-refractivity contribution in [3.8, 4) is 0 Å². The van der Waals surface area contributed by atoms with Gasteiger partial charge in [-0.1, -0.05) is 11.6 Å². The predicted molar refractivity (Wildman–Crippen MR) is 51.5 cm³/mol. The van der Waals surface area contributed by atoms with E-state index in [4.69, 9.17) is 16.7 Å². The van der Waals surface area contributed by atoms with Crippen molar-refractivity contribution in [3.05, 3.63) is 35.0 Å². The van der Waals surface area contributed by atoms with Crippen molar-refractivity contribution in [3.63, 3.8) is 0 Å². The Morgan fingerprint density at radius 2 is 2.13 bits per heavy atom. The number of aromatic nitrogens is 2. The Bertz CT molecular complexity index is 559. The van der Waals surface area contributed by atoms with Crippen LogP contribution >= 0.6 is 11.6 Å². The molecule has 0 radical (unpaired) electrons. The minimum absolute atomic E-state index is 0.0723. The number of carboxylic acid groups (broad SMARTS) is 1. The number of benzene rings is 1. The summed E-state index contributed by atoms with van der Waals surface area (Å²) < 4.78 is 12.8. The summed E-state index contributed by atoms with van der Waals surface area (Å²) in [6, 6.07) is 3.69. The molecule has 2 rings (SSSR count). The first kappa shape index (κ1) is 9.79. The summed E-state index contributed by atoms with van der Waals surface area (Å²) in [6.07, 6.45) is 0. The number of rotatable bonds is 1.